The first-order chi connectivity index (χ1) is 17.3. The molecule has 2 aromatic carbocycles. The predicted molar refractivity (Wildman–Crippen MR) is 131 cm³/mol. The molecule has 4 rings (SSSR count). The molecule has 0 aliphatic carbocycles. The molecular formula is C27H33NO8. The van der Waals surface area contributed by atoms with Gasteiger partial charge in [-0.15, -0.1) is 0 Å². The number of aliphatic hydroxyl groups is 5. The number of esters is 1. The van der Waals surface area contributed by atoms with Crippen LogP contribution in [0.25, 0.3) is 10.9 Å². The molecular weight excluding hydrogens is 466 g/mol. The lowest BCUT2D eigenvalue weighted by atomic mass is 9.98. The Balaban J connectivity index is 1.57. The average Bonchev–Trinajstić information content (AvgIpc) is 3.25. The minimum absolute atomic E-state index is 0.00785. The van der Waals surface area contributed by atoms with Crippen LogP contribution < -0.4 is 0 Å². The number of carbonyl (C=O) groups is 1. The summed E-state index contributed by atoms with van der Waals surface area (Å²) in [5, 5.41) is 50.5. The second-order valence-electron chi connectivity index (χ2n) is 9.19. The van der Waals surface area contributed by atoms with Gasteiger partial charge in [-0.1, -0.05) is 36.4 Å². The zero-order valence-corrected chi connectivity index (χ0v) is 20.2. The van der Waals surface area contributed by atoms with E-state index < -0.39 is 37.3 Å². The molecule has 9 heteroatoms. The van der Waals surface area contributed by atoms with Crippen molar-refractivity contribution < 1.29 is 39.8 Å². The van der Waals surface area contributed by atoms with Gasteiger partial charge in [-0.05, 0) is 48.1 Å². The molecule has 2 heterocycles. The molecule has 0 radical (unpaired) electrons. The number of fused-ring (bicyclic) bond motifs is 1. The molecule has 1 aromatic heterocycles. The Morgan fingerprint density at radius 2 is 1.72 bits per heavy atom. The van der Waals surface area contributed by atoms with E-state index in [1.807, 2.05) is 55.6 Å². The molecule has 0 spiro atoms. The summed E-state index contributed by atoms with van der Waals surface area (Å²) >= 11 is 0. The van der Waals surface area contributed by atoms with E-state index in [-0.39, 0.29) is 25.6 Å². The van der Waals surface area contributed by atoms with Crippen LogP contribution in [-0.4, -0.2) is 80.3 Å². The minimum Gasteiger partial charge on any atom is -0.463 e. The Labute approximate surface area is 209 Å². The van der Waals surface area contributed by atoms with Crippen LogP contribution in [0.15, 0.2) is 48.7 Å². The fourth-order valence-corrected chi connectivity index (χ4v) is 4.77. The van der Waals surface area contributed by atoms with Gasteiger partial charge in [-0.2, -0.15) is 0 Å². The van der Waals surface area contributed by atoms with Gasteiger partial charge in [0.15, 0.2) is 6.23 Å². The van der Waals surface area contributed by atoms with Gasteiger partial charge in [-0.25, -0.2) is 0 Å². The highest BCUT2D eigenvalue weighted by atomic mass is 16.6. The topological polar surface area (TPSA) is 142 Å². The first-order valence-corrected chi connectivity index (χ1v) is 12.1. The standard InChI is InChI=1S/C27H33NO8/c1-16-3-2-4-20-23(16)19(14-28(20)27-26(34)25(33)24(32)21(15-30)36-27)13-18-7-5-17(6-8-18)9-10-22(31)35-12-11-29/h2-8,14,21,24-27,29-30,32-34H,9-13,15H2,1H3/t21-,24-,25+,26-,27-/m1/s1. The molecule has 9 nitrogen and oxygen atoms in total. The lowest BCUT2D eigenvalue weighted by molar-refractivity contribution is -0.250. The molecule has 1 fully saturated rings. The summed E-state index contributed by atoms with van der Waals surface area (Å²) in [5.74, 6) is -0.343. The number of rotatable bonds is 9. The van der Waals surface area contributed by atoms with Gasteiger partial charge in [-0.3, -0.25) is 4.79 Å². The Bertz CT molecular complexity index is 1170. The van der Waals surface area contributed by atoms with Crippen LogP contribution in [0.3, 0.4) is 0 Å². The van der Waals surface area contributed by atoms with Crippen LogP contribution in [0.2, 0.25) is 0 Å². The number of hydrogen-bond donors (Lipinski definition) is 5. The fraction of sp³-hybridized carbons (Fsp3) is 0.444. The highest BCUT2D eigenvalue weighted by Gasteiger charge is 2.44. The van der Waals surface area contributed by atoms with Gasteiger partial charge in [0.05, 0.1) is 18.7 Å². The van der Waals surface area contributed by atoms with Crippen molar-refractivity contribution in [2.24, 2.45) is 0 Å². The van der Waals surface area contributed by atoms with Gasteiger partial charge in [0.2, 0.25) is 0 Å². The molecule has 1 aliphatic rings. The number of ether oxygens (including phenoxy) is 2. The Morgan fingerprint density at radius 1 is 1.00 bits per heavy atom. The van der Waals surface area contributed by atoms with Crippen LogP contribution >= 0.6 is 0 Å². The molecule has 0 saturated carbocycles. The molecule has 3 aromatic rings. The van der Waals surface area contributed by atoms with E-state index in [2.05, 4.69) is 0 Å². The van der Waals surface area contributed by atoms with E-state index in [9.17, 15) is 25.2 Å². The molecule has 1 aliphatic heterocycles. The summed E-state index contributed by atoms with van der Waals surface area (Å²) in [5.41, 5.74) is 4.91. The lowest BCUT2D eigenvalue weighted by Gasteiger charge is -2.40. The zero-order valence-electron chi connectivity index (χ0n) is 20.2. The van der Waals surface area contributed by atoms with Crippen molar-refractivity contribution >= 4 is 16.9 Å². The number of benzene rings is 2. The molecule has 0 bridgehead atoms. The maximum Gasteiger partial charge on any atom is 0.306 e. The second kappa shape index (κ2) is 11.5. The van der Waals surface area contributed by atoms with Crippen LogP contribution in [-0.2, 0) is 27.1 Å². The predicted octanol–water partition coefficient (Wildman–Crippen LogP) is 0.981. The van der Waals surface area contributed by atoms with E-state index >= 15 is 0 Å². The average molecular weight is 500 g/mol. The van der Waals surface area contributed by atoms with E-state index in [0.29, 0.717) is 12.8 Å². The largest absolute Gasteiger partial charge is 0.463 e. The van der Waals surface area contributed by atoms with Crippen molar-refractivity contribution in [1.82, 2.24) is 4.57 Å². The molecule has 1 saturated heterocycles. The van der Waals surface area contributed by atoms with E-state index in [1.165, 1.54) is 0 Å². The van der Waals surface area contributed by atoms with E-state index in [4.69, 9.17) is 14.6 Å². The molecule has 194 valence electrons. The first kappa shape index (κ1) is 26.3. The number of aliphatic hydroxyl groups excluding tert-OH is 5. The Kier molecular flexibility index (Phi) is 8.40. The van der Waals surface area contributed by atoms with Crippen LogP contribution in [0, 0.1) is 6.92 Å². The minimum atomic E-state index is -1.46. The Hall–Kier alpha value is -2.79. The third kappa shape index (κ3) is 5.46. The lowest BCUT2D eigenvalue weighted by Crippen LogP contribution is -2.56. The van der Waals surface area contributed by atoms with Gasteiger partial charge >= 0.3 is 5.97 Å². The fourth-order valence-electron chi connectivity index (χ4n) is 4.77. The van der Waals surface area contributed by atoms with Gasteiger partial charge < -0.3 is 39.6 Å². The molecule has 36 heavy (non-hydrogen) atoms. The summed E-state index contributed by atoms with van der Waals surface area (Å²) in [4.78, 5) is 11.7. The third-order valence-corrected chi connectivity index (χ3v) is 6.68. The smallest absolute Gasteiger partial charge is 0.306 e. The van der Waals surface area contributed by atoms with Crippen LogP contribution in [0.5, 0.6) is 0 Å². The third-order valence-electron chi connectivity index (χ3n) is 6.68. The summed E-state index contributed by atoms with van der Waals surface area (Å²) in [6.07, 6.45) is -2.96. The summed E-state index contributed by atoms with van der Waals surface area (Å²) in [7, 11) is 0. The first-order valence-electron chi connectivity index (χ1n) is 12.1. The maximum absolute atomic E-state index is 11.7. The monoisotopic (exact) mass is 499 g/mol. The quantitative estimate of drug-likeness (QED) is 0.274. The van der Waals surface area contributed by atoms with Crippen molar-refractivity contribution in [3.05, 3.63) is 70.9 Å². The Morgan fingerprint density at radius 3 is 2.42 bits per heavy atom. The normalized spacial score (nSPS) is 24.2. The summed E-state index contributed by atoms with van der Waals surface area (Å²) in [6.45, 7) is 1.33. The van der Waals surface area contributed by atoms with Crippen molar-refractivity contribution in [2.75, 3.05) is 19.8 Å². The molecule has 0 amide bonds. The zero-order chi connectivity index (χ0) is 25.8. The van der Waals surface area contributed by atoms with Crippen molar-refractivity contribution in [3.8, 4) is 0 Å². The highest BCUT2D eigenvalue weighted by Crippen LogP contribution is 2.35. The van der Waals surface area contributed by atoms with E-state index in [0.717, 1.165) is 33.2 Å². The highest BCUT2D eigenvalue weighted by molar-refractivity contribution is 5.87. The summed E-state index contributed by atoms with van der Waals surface area (Å²) < 4.78 is 12.5. The number of hydrogen-bond acceptors (Lipinski definition) is 8. The molecule has 5 atom stereocenters. The van der Waals surface area contributed by atoms with Crippen molar-refractivity contribution in [2.45, 2.75) is 56.8 Å². The molecule has 5 N–H and O–H groups in total. The van der Waals surface area contributed by atoms with Gasteiger partial charge in [0.1, 0.15) is 31.0 Å². The van der Waals surface area contributed by atoms with Gasteiger partial charge in [0.25, 0.3) is 0 Å². The number of nitrogens with zero attached hydrogens (tertiary/aromatic N) is 1. The van der Waals surface area contributed by atoms with Gasteiger partial charge in [0, 0.05) is 18.0 Å². The maximum atomic E-state index is 11.7. The van der Waals surface area contributed by atoms with Crippen molar-refractivity contribution in [1.29, 1.82) is 0 Å². The second-order valence-corrected chi connectivity index (χ2v) is 9.19. The number of carbonyl (C=O) groups excluding carboxylic acids is 1. The van der Waals surface area contributed by atoms with E-state index in [1.54, 1.807) is 4.57 Å². The number of aromatic nitrogens is 1. The van der Waals surface area contributed by atoms with Crippen LogP contribution in [0.4, 0.5) is 0 Å². The molecule has 0 unspecified atom stereocenters. The SMILES string of the molecule is Cc1cccc2c1c(Cc1ccc(CCC(=O)OCCO)cc1)cn2[C@@H]1O[C@H](CO)[C@@H](O)[C@H](O)[C@H]1O. The summed E-state index contributed by atoms with van der Waals surface area (Å²) in [6, 6.07) is 13.8. The number of aryl methyl sites for hydroxylation is 2. The van der Waals surface area contributed by atoms with Crippen LogP contribution in [0.1, 0.15) is 34.9 Å². The van der Waals surface area contributed by atoms with Crippen molar-refractivity contribution in [3.63, 3.8) is 0 Å².